The summed E-state index contributed by atoms with van der Waals surface area (Å²) in [7, 11) is 0. The van der Waals surface area contributed by atoms with E-state index in [-0.39, 0.29) is 0 Å². The topological polar surface area (TPSA) is 25.8 Å². The highest BCUT2D eigenvalue weighted by Gasteiger charge is 2.25. The van der Waals surface area contributed by atoms with Gasteiger partial charge in [-0.3, -0.25) is 0 Å². The van der Waals surface area contributed by atoms with Crippen molar-refractivity contribution in [1.82, 2.24) is 9.97 Å². The van der Waals surface area contributed by atoms with Gasteiger partial charge >= 0.3 is 0 Å². The van der Waals surface area contributed by atoms with Crippen LogP contribution in [-0.4, -0.2) is 15.7 Å². The van der Waals surface area contributed by atoms with Crippen LogP contribution >= 0.6 is 35.1 Å². The van der Waals surface area contributed by atoms with E-state index in [2.05, 4.69) is 9.97 Å². The summed E-state index contributed by atoms with van der Waals surface area (Å²) >= 11 is 10.0. The minimum Gasteiger partial charge on any atom is -0.235 e. The molecule has 0 aliphatic carbocycles. The maximum Gasteiger partial charge on any atom is 0.143 e. The summed E-state index contributed by atoms with van der Waals surface area (Å²) in [5, 5.41) is 1.17. The third-order valence-electron chi connectivity index (χ3n) is 2.76. The van der Waals surface area contributed by atoms with Crippen molar-refractivity contribution in [2.24, 2.45) is 0 Å². The third-order valence-corrected chi connectivity index (χ3v) is 5.42. The van der Waals surface area contributed by atoms with Gasteiger partial charge in [0.05, 0.1) is 10.9 Å². The Balaban J connectivity index is 1.99. The molecule has 0 amide bonds. The smallest absolute Gasteiger partial charge is 0.143 e. The molecule has 2 nitrogen and oxygen atoms in total. The molecule has 15 heavy (non-hydrogen) atoms. The molecule has 0 aromatic carbocycles. The number of nitrogens with zero attached hydrogens (tertiary/aromatic N) is 2. The van der Waals surface area contributed by atoms with Crippen LogP contribution in [0.3, 0.4) is 0 Å². The van der Waals surface area contributed by atoms with Crippen LogP contribution in [0.1, 0.15) is 35.2 Å². The second-order valence-electron chi connectivity index (χ2n) is 3.79. The van der Waals surface area contributed by atoms with Gasteiger partial charge in [-0.2, -0.15) is 23.5 Å². The van der Waals surface area contributed by atoms with E-state index in [0.29, 0.717) is 10.4 Å². The Morgan fingerprint density at radius 3 is 3.00 bits per heavy atom. The molecule has 1 fully saturated rings. The van der Waals surface area contributed by atoms with Gasteiger partial charge in [-0.05, 0) is 18.6 Å². The molecule has 0 N–H and O–H groups in total. The summed E-state index contributed by atoms with van der Waals surface area (Å²) in [4.78, 5) is 9.11. The van der Waals surface area contributed by atoms with Crippen LogP contribution in [0.15, 0.2) is 0 Å². The van der Waals surface area contributed by atoms with Gasteiger partial charge in [-0.25, -0.2) is 9.97 Å². The maximum atomic E-state index is 6.18. The minimum atomic E-state index is 0.485. The molecule has 1 atom stereocenters. The first kappa shape index (κ1) is 10.2. The predicted molar refractivity (Wildman–Crippen MR) is 66.5 cm³/mol. The van der Waals surface area contributed by atoms with E-state index in [1.54, 1.807) is 0 Å². The normalized spacial score (nSPS) is 24.5. The van der Waals surface area contributed by atoms with Crippen LogP contribution < -0.4 is 0 Å². The van der Waals surface area contributed by atoms with Crippen molar-refractivity contribution in [3.63, 3.8) is 0 Å². The summed E-state index contributed by atoms with van der Waals surface area (Å²) in [6.07, 6.45) is 2.48. The fourth-order valence-corrected chi connectivity index (χ4v) is 4.54. The summed E-state index contributed by atoms with van der Waals surface area (Å²) in [5.74, 6) is 4.18. The van der Waals surface area contributed by atoms with E-state index in [4.69, 9.17) is 11.6 Å². The lowest BCUT2D eigenvalue weighted by Gasteiger charge is -2.09. The average molecular weight is 259 g/mol. The van der Waals surface area contributed by atoms with Crippen molar-refractivity contribution in [2.75, 3.05) is 5.75 Å². The number of hydrogen-bond donors (Lipinski definition) is 0. The van der Waals surface area contributed by atoms with Crippen molar-refractivity contribution in [3.8, 4) is 0 Å². The molecule has 0 spiro atoms. The molecule has 1 unspecified atom stereocenters. The first-order valence-corrected chi connectivity index (χ1v) is 7.67. The van der Waals surface area contributed by atoms with Crippen LogP contribution in [0, 0.1) is 0 Å². The number of fused-ring (bicyclic) bond motifs is 1. The zero-order valence-corrected chi connectivity index (χ0v) is 10.6. The highest BCUT2D eigenvalue weighted by atomic mass is 35.5. The summed E-state index contributed by atoms with van der Waals surface area (Å²) in [6.45, 7) is 0. The first-order valence-electron chi connectivity index (χ1n) is 5.09. The molecule has 0 radical (unpaired) electrons. The Kier molecular flexibility index (Phi) is 2.83. The minimum absolute atomic E-state index is 0.485. The summed E-state index contributed by atoms with van der Waals surface area (Å²) in [6, 6.07) is 0. The monoisotopic (exact) mass is 258 g/mol. The predicted octanol–water partition coefficient (Wildman–Crippen LogP) is 3.44. The van der Waals surface area contributed by atoms with Crippen molar-refractivity contribution in [2.45, 2.75) is 29.6 Å². The molecule has 3 heterocycles. The van der Waals surface area contributed by atoms with Gasteiger partial charge in [0.2, 0.25) is 0 Å². The highest BCUT2D eigenvalue weighted by molar-refractivity contribution is 7.99. The van der Waals surface area contributed by atoms with Gasteiger partial charge in [-0.15, -0.1) is 0 Å². The van der Waals surface area contributed by atoms with Crippen LogP contribution in [0.4, 0.5) is 0 Å². The van der Waals surface area contributed by atoms with Crippen molar-refractivity contribution < 1.29 is 0 Å². The van der Waals surface area contributed by atoms with Gasteiger partial charge in [0.1, 0.15) is 11.0 Å². The van der Waals surface area contributed by atoms with Crippen molar-refractivity contribution in [1.29, 1.82) is 0 Å². The Bertz CT molecular complexity index is 391. The molecule has 1 aromatic heterocycles. The Labute approximate surface area is 103 Å². The second kappa shape index (κ2) is 4.15. The molecule has 0 saturated carbocycles. The number of hydrogen-bond acceptors (Lipinski definition) is 4. The average Bonchev–Trinajstić information content (AvgIpc) is 2.88. The Morgan fingerprint density at radius 2 is 2.20 bits per heavy atom. The van der Waals surface area contributed by atoms with Crippen LogP contribution in [0.25, 0.3) is 0 Å². The lowest BCUT2D eigenvalue weighted by Crippen LogP contribution is -2.03. The van der Waals surface area contributed by atoms with E-state index >= 15 is 0 Å². The van der Waals surface area contributed by atoms with Crippen LogP contribution in [-0.2, 0) is 11.5 Å². The van der Waals surface area contributed by atoms with Crippen molar-refractivity contribution >= 4 is 35.1 Å². The van der Waals surface area contributed by atoms with E-state index in [9.17, 15) is 0 Å². The van der Waals surface area contributed by atoms with E-state index in [1.165, 1.54) is 24.3 Å². The van der Waals surface area contributed by atoms with Gasteiger partial charge in [-0.1, -0.05) is 11.6 Å². The molecule has 3 rings (SSSR count). The molecular weight excluding hydrogens is 248 g/mol. The molecule has 0 bridgehead atoms. The maximum absolute atomic E-state index is 6.18. The number of aromatic nitrogens is 2. The standard InChI is InChI=1S/C10H11ClN2S2/c11-9-6-4-14-5-7(6)12-10(13-9)8-2-1-3-15-8/h8H,1-5H2. The number of rotatable bonds is 1. The quantitative estimate of drug-likeness (QED) is 0.721. The molecule has 1 saturated heterocycles. The largest absolute Gasteiger partial charge is 0.235 e. The Morgan fingerprint density at radius 1 is 1.27 bits per heavy atom. The summed E-state index contributed by atoms with van der Waals surface area (Å²) in [5.41, 5.74) is 2.33. The molecule has 2 aliphatic heterocycles. The Hall–Kier alpha value is 0.0700. The SMILES string of the molecule is Clc1nc(C2CCCS2)nc2c1CSC2. The molecule has 2 aliphatic rings. The molecule has 5 heteroatoms. The van der Waals surface area contributed by atoms with E-state index < -0.39 is 0 Å². The first-order chi connectivity index (χ1) is 7.34. The van der Waals surface area contributed by atoms with Crippen LogP contribution in [0.2, 0.25) is 5.15 Å². The second-order valence-corrected chi connectivity index (χ2v) is 6.45. The van der Waals surface area contributed by atoms with Gasteiger partial charge in [0, 0.05) is 17.1 Å². The van der Waals surface area contributed by atoms with Crippen molar-refractivity contribution in [3.05, 3.63) is 22.2 Å². The van der Waals surface area contributed by atoms with Gasteiger partial charge in [0.15, 0.2) is 0 Å². The molecule has 80 valence electrons. The van der Waals surface area contributed by atoms with E-state index in [0.717, 1.165) is 22.9 Å². The lowest BCUT2D eigenvalue weighted by molar-refractivity contribution is 0.769. The number of thioether (sulfide) groups is 2. The zero-order valence-electron chi connectivity index (χ0n) is 8.20. The van der Waals surface area contributed by atoms with Crippen LogP contribution in [0.5, 0.6) is 0 Å². The fraction of sp³-hybridized carbons (Fsp3) is 0.600. The van der Waals surface area contributed by atoms with Gasteiger partial charge in [0.25, 0.3) is 0 Å². The van der Waals surface area contributed by atoms with E-state index in [1.807, 2.05) is 23.5 Å². The fourth-order valence-electron chi connectivity index (χ4n) is 1.96. The molecular formula is C10H11ClN2S2. The lowest BCUT2D eigenvalue weighted by atomic mass is 10.2. The third kappa shape index (κ3) is 1.87. The summed E-state index contributed by atoms with van der Waals surface area (Å²) < 4.78 is 0. The number of halogens is 1. The van der Waals surface area contributed by atoms with Gasteiger partial charge < -0.3 is 0 Å². The highest BCUT2D eigenvalue weighted by Crippen LogP contribution is 2.40. The zero-order chi connectivity index (χ0) is 10.3. The molecule has 1 aromatic rings.